The minimum absolute atomic E-state index is 0.147. The molecule has 1 aliphatic heterocycles. The van der Waals surface area contributed by atoms with E-state index in [4.69, 9.17) is 0 Å². The van der Waals surface area contributed by atoms with E-state index in [0.29, 0.717) is 12.0 Å². The average Bonchev–Trinajstić information content (AvgIpc) is 3.14. The quantitative estimate of drug-likeness (QED) is 0.801. The number of thiophene rings is 1. The lowest BCUT2D eigenvalue weighted by Crippen LogP contribution is -2.57. The topological polar surface area (TPSA) is 40.5 Å². The van der Waals surface area contributed by atoms with Crippen molar-refractivity contribution in [2.24, 2.45) is 5.92 Å². The second kappa shape index (κ2) is 7.26. The highest BCUT2D eigenvalue weighted by molar-refractivity contribution is 7.12. The van der Waals surface area contributed by atoms with Gasteiger partial charge in [-0.05, 0) is 48.8 Å². The first-order valence-corrected chi connectivity index (χ1v) is 10.6. The number of piperidine rings is 1. The van der Waals surface area contributed by atoms with Crippen LogP contribution in [0.3, 0.4) is 0 Å². The average molecular weight is 370 g/mol. The highest BCUT2D eigenvalue weighted by Crippen LogP contribution is 2.47. The van der Waals surface area contributed by atoms with Gasteiger partial charge < -0.3 is 5.11 Å². The molecule has 0 radical (unpaired) electrons. The summed E-state index contributed by atoms with van der Waals surface area (Å²) in [6.45, 7) is 3.42. The molecule has 3 nitrogen and oxygen atoms in total. The Morgan fingerprint density at radius 3 is 2.77 bits per heavy atom. The monoisotopic (exact) mass is 369 g/mol. The summed E-state index contributed by atoms with van der Waals surface area (Å²) in [7, 11) is 0. The Morgan fingerprint density at radius 2 is 2.04 bits per heavy atom. The SMILES string of the molecule is CC(=O)c1cc(CN2CC[C@@](O)(c3ccccc3)[C@H]3CCCC[C@@H]32)cs1. The number of carbonyl (C=O) groups excluding carboxylic acids is 1. The van der Waals surface area contributed by atoms with Gasteiger partial charge in [-0.2, -0.15) is 0 Å². The molecule has 4 rings (SSSR count). The molecule has 3 atom stereocenters. The molecule has 1 saturated heterocycles. The molecule has 138 valence electrons. The van der Waals surface area contributed by atoms with Gasteiger partial charge >= 0.3 is 0 Å². The molecule has 0 amide bonds. The van der Waals surface area contributed by atoms with Crippen LogP contribution in [0.25, 0.3) is 0 Å². The van der Waals surface area contributed by atoms with Crippen molar-refractivity contribution in [2.75, 3.05) is 6.54 Å². The number of aliphatic hydroxyl groups is 1. The standard InChI is InChI=1S/C22H27NO2S/c1-16(24)21-13-17(15-26-21)14-23-12-11-22(25,18-7-3-2-4-8-18)19-9-5-6-10-20(19)23/h2-4,7-8,13,15,19-20,25H,5-6,9-12,14H2,1H3/t19-,20-,22+/m0/s1. The summed E-state index contributed by atoms with van der Waals surface area (Å²) in [5.41, 5.74) is 1.60. The van der Waals surface area contributed by atoms with Gasteiger partial charge in [-0.3, -0.25) is 9.69 Å². The molecule has 4 heteroatoms. The van der Waals surface area contributed by atoms with E-state index in [9.17, 15) is 9.90 Å². The number of ketones is 1. The Balaban J connectivity index is 1.57. The van der Waals surface area contributed by atoms with Crippen molar-refractivity contribution in [1.29, 1.82) is 0 Å². The molecule has 1 saturated carbocycles. The van der Waals surface area contributed by atoms with Gasteiger partial charge in [-0.25, -0.2) is 0 Å². The zero-order valence-electron chi connectivity index (χ0n) is 15.4. The van der Waals surface area contributed by atoms with Gasteiger partial charge in [0.15, 0.2) is 5.78 Å². The molecule has 0 bridgehead atoms. The van der Waals surface area contributed by atoms with Crippen molar-refractivity contribution < 1.29 is 9.90 Å². The van der Waals surface area contributed by atoms with Crippen molar-refractivity contribution in [3.05, 3.63) is 57.8 Å². The molecular weight excluding hydrogens is 342 g/mol. The molecule has 0 spiro atoms. The number of hydrogen-bond acceptors (Lipinski definition) is 4. The van der Waals surface area contributed by atoms with Gasteiger partial charge in [-0.15, -0.1) is 11.3 Å². The third kappa shape index (κ3) is 3.26. The van der Waals surface area contributed by atoms with E-state index in [1.807, 2.05) is 24.3 Å². The Hall–Kier alpha value is -1.49. The van der Waals surface area contributed by atoms with Crippen LogP contribution in [0.2, 0.25) is 0 Å². The minimum Gasteiger partial charge on any atom is -0.385 e. The number of likely N-dealkylation sites (tertiary alicyclic amines) is 1. The van der Waals surface area contributed by atoms with Gasteiger partial charge in [-0.1, -0.05) is 43.2 Å². The molecule has 26 heavy (non-hydrogen) atoms. The largest absolute Gasteiger partial charge is 0.385 e. The van der Waals surface area contributed by atoms with Crippen LogP contribution in [0.15, 0.2) is 41.8 Å². The lowest BCUT2D eigenvalue weighted by molar-refractivity contribution is -0.123. The van der Waals surface area contributed by atoms with Crippen LogP contribution in [0, 0.1) is 5.92 Å². The van der Waals surface area contributed by atoms with E-state index < -0.39 is 5.60 Å². The van der Waals surface area contributed by atoms with Gasteiger partial charge in [0.25, 0.3) is 0 Å². The molecule has 1 aromatic heterocycles. The third-order valence-corrected chi connectivity index (χ3v) is 7.33. The van der Waals surface area contributed by atoms with E-state index in [-0.39, 0.29) is 5.78 Å². The number of carbonyl (C=O) groups is 1. The fraction of sp³-hybridized carbons (Fsp3) is 0.500. The summed E-state index contributed by atoms with van der Waals surface area (Å²) in [5.74, 6) is 0.437. The summed E-state index contributed by atoms with van der Waals surface area (Å²) < 4.78 is 0. The van der Waals surface area contributed by atoms with Crippen LogP contribution in [-0.4, -0.2) is 28.4 Å². The minimum atomic E-state index is -0.706. The van der Waals surface area contributed by atoms with Crippen molar-refractivity contribution in [2.45, 2.75) is 57.2 Å². The van der Waals surface area contributed by atoms with E-state index in [0.717, 1.165) is 42.8 Å². The summed E-state index contributed by atoms with van der Waals surface area (Å²) >= 11 is 1.55. The molecule has 1 aromatic carbocycles. The van der Waals surface area contributed by atoms with Crippen LogP contribution >= 0.6 is 11.3 Å². The molecule has 1 N–H and O–H groups in total. The number of Topliss-reactive ketones (excluding diaryl/α,β-unsaturated/α-hetero) is 1. The van der Waals surface area contributed by atoms with Crippen LogP contribution < -0.4 is 0 Å². The number of fused-ring (bicyclic) bond motifs is 1. The fourth-order valence-corrected chi connectivity index (χ4v) is 5.74. The van der Waals surface area contributed by atoms with Crippen molar-refractivity contribution in [3.8, 4) is 0 Å². The highest BCUT2D eigenvalue weighted by Gasteiger charge is 2.48. The van der Waals surface area contributed by atoms with Gasteiger partial charge in [0.2, 0.25) is 0 Å². The first-order valence-electron chi connectivity index (χ1n) is 9.68. The third-order valence-electron chi connectivity index (χ3n) is 6.25. The van der Waals surface area contributed by atoms with Crippen molar-refractivity contribution in [1.82, 2.24) is 4.90 Å². The Morgan fingerprint density at radius 1 is 1.27 bits per heavy atom. The van der Waals surface area contributed by atoms with Crippen LogP contribution in [0.4, 0.5) is 0 Å². The van der Waals surface area contributed by atoms with Gasteiger partial charge in [0, 0.05) is 25.0 Å². The van der Waals surface area contributed by atoms with Crippen LogP contribution in [0.5, 0.6) is 0 Å². The van der Waals surface area contributed by atoms with Gasteiger partial charge in [0.1, 0.15) is 0 Å². The summed E-state index contributed by atoms with van der Waals surface area (Å²) in [4.78, 5) is 15.0. The predicted molar refractivity (Wildman–Crippen MR) is 105 cm³/mol. The molecule has 2 fully saturated rings. The molecule has 0 unspecified atom stereocenters. The first kappa shape index (κ1) is 17.9. The number of hydrogen-bond donors (Lipinski definition) is 1. The predicted octanol–water partition coefficient (Wildman–Crippen LogP) is 4.60. The van der Waals surface area contributed by atoms with E-state index in [1.165, 1.54) is 18.4 Å². The molecule has 1 aliphatic carbocycles. The summed E-state index contributed by atoms with van der Waals surface area (Å²) in [6.07, 6.45) is 5.47. The summed E-state index contributed by atoms with van der Waals surface area (Å²) in [6, 6.07) is 12.7. The zero-order valence-corrected chi connectivity index (χ0v) is 16.2. The highest BCUT2D eigenvalue weighted by atomic mass is 32.1. The molecule has 2 aliphatic rings. The Bertz CT molecular complexity index is 771. The number of nitrogens with zero attached hydrogens (tertiary/aromatic N) is 1. The second-order valence-electron chi connectivity index (χ2n) is 7.84. The zero-order chi connectivity index (χ0) is 18.1. The van der Waals surface area contributed by atoms with Gasteiger partial charge in [0.05, 0.1) is 10.5 Å². The summed E-state index contributed by atoms with van der Waals surface area (Å²) in [5, 5.41) is 13.7. The van der Waals surface area contributed by atoms with Crippen LogP contribution in [-0.2, 0) is 12.1 Å². The Labute approximate surface area is 159 Å². The maximum Gasteiger partial charge on any atom is 0.169 e. The lowest BCUT2D eigenvalue weighted by Gasteiger charge is -2.52. The molecule has 2 heterocycles. The normalized spacial score (nSPS) is 29.3. The Kier molecular flexibility index (Phi) is 5.00. The molecular formula is C22H27NO2S. The second-order valence-corrected chi connectivity index (χ2v) is 8.76. The number of rotatable bonds is 4. The van der Waals surface area contributed by atoms with E-state index in [2.05, 4.69) is 22.4 Å². The smallest absolute Gasteiger partial charge is 0.169 e. The maximum absolute atomic E-state index is 11.6. The van der Waals surface area contributed by atoms with Crippen molar-refractivity contribution >= 4 is 17.1 Å². The van der Waals surface area contributed by atoms with E-state index in [1.54, 1.807) is 18.3 Å². The lowest BCUT2D eigenvalue weighted by atomic mass is 9.66. The van der Waals surface area contributed by atoms with E-state index >= 15 is 0 Å². The molecule has 2 aromatic rings. The maximum atomic E-state index is 11.6. The van der Waals surface area contributed by atoms with Crippen molar-refractivity contribution in [3.63, 3.8) is 0 Å². The van der Waals surface area contributed by atoms with Crippen LogP contribution in [0.1, 0.15) is 59.8 Å². The fourth-order valence-electron chi connectivity index (χ4n) is 4.93. The number of benzene rings is 1. The first-order chi connectivity index (χ1) is 12.6.